The zero-order valence-corrected chi connectivity index (χ0v) is 12.7. The van der Waals surface area contributed by atoms with Gasteiger partial charge in [0.25, 0.3) is 0 Å². The Balaban J connectivity index is 4.21. The van der Waals surface area contributed by atoms with E-state index in [-0.39, 0.29) is 0 Å². The summed E-state index contributed by atoms with van der Waals surface area (Å²) in [6, 6.07) is 0. The minimum atomic E-state index is 0.406. The molecule has 0 fully saturated rings. The van der Waals surface area contributed by atoms with Crippen LogP contribution in [0.1, 0.15) is 47.5 Å². The fraction of sp³-hybridized carbons (Fsp3) is 1.00. The standard InChI is InChI=1S/C13H28BrN/c1-6-8-15(9-7-2)11-12(10-14)13(3,4)5/h12H,6-11H2,1-5H3. The Kier molecular flexibility index (Phi) is 7.90. The van der Waals surface area contributed by atoms with Crippen molar-refractivity contribution < 1.29 is 0 Å². The van der Waals surface area contributed by atoms with Gasteiger partial charge in [-0.3, -0.25) is 0 Å². The molecule has 0 heterocycles. The van der Waals surface area contributed by atoms with E-state index in [0.717, 1.165) is 11.2 Å². The van der Waals surface area contributed by atoms with E-state index in [9.17, 15) is 0 Å². The quantitative estimate of drug-likeness (QED) is 0.632. The van der Waals surface area contributed by atoms with Gasteiger partial charge in [-0.05, 0) is 37.3 Å². The molecule has 0 saturated heterocycles. The number of halogens is 1. The second kappa shape index (κ2) is 7.67. The minimum absolute atomic E-state index is 0.406. The third kappa shape index (κ3) is 6.57. The maximum atomic E-state index is 3.66. The summed E-state index contributed by atoms with van der Waals surface area (Å²) in [6.07, 6.45) is 2.53. The van der Waals surface area contributed by atoms with Crippen LogP contribution in [0, 0.1) is 11.3 Å². The molecule has 1 unspecified atom stereocenters. The number of alkyl halides is 1. The highest BCUT2D eigenvalue weighted by molar-refractivity contribution is 9.09. The lowest BCUT2D eigenvalue weighted by Gasteiger charge is -2.34. The van der Waals surface area contributed by atoms with Crippen LogP contribution in [0.2, 0.25) is 0 Å². The molecule has 0 bridgehead atoms. The lowest BCUT2D eigenvalue weighted by atomic mass is 9.81. The molecule has 0 aromatic heterocycles. The van der Waals surface area contributed by atoms with Crippen LogP contribution in [0.3, 0.4) is 0 Å². The first-order chi connectivity index (χ1) is 6.95. The Morgan fingerprint density at radius 2 is 1.53 bits per heavy atom. The molecule has 1 nitrogen and oxygen atoms in total. The molecule has 0 aliphatic rings. The summed E-state index contributed by atoms with van der Waals surface area (Å²) in [5.41, 5.74) is 0.406. The summed E-state index contributed by atoms with van der Waals surface area (Å²) in [6.45, 7) is 15.3. The van der Waals surface area contributed by atoms with E-state index >= 15 is 0 Å². The molecule has 0 spiro atoms. The molecule has 2 heteroatoms. The van der Waals surface area contributed by atoms with Crippen LogP contribution in [0.25, 0.3) is 0 Å². The summed E-state index contributed by atoms with van der Waals surface area (Å²) >= 11 is 3.66. The monoisotopic (exact) mass is 277 g/mol. The number of nitrogens with zero attached hydrogens (tertiary/aromatic N) is 1. The Morgan fingerprint density at radius 3 is 1.80 bits per heavy atom. The molecule has 0 aromatic carbocycles. The van der Waals surface area contributed by atoms with Gasteiger partial charge >= 0.3 is 0 Å². The van der Waals surface area contributed by atoms with Crippen molar-refractivity contribution in [1.82, 2.24) is 4.90 Å². The van der Waals surface area contributed by atoms with Gasteiger partial charge in [0.15, 0.2) is 0 Å². The molecule has 1 atom stereocenters. The Hall–Kier alpha value is 0.440. The number of rotatable bonds is 7. The van der Waals surface area contributed by atoms with Gasteiger partial charge < -0.3 is 4.90 Å². The highest BCUT2D eigenvalue weighted by Crippen LogP contribution is 2.28. The van der Waals surface area contributed by atoms with Crippen LogP contribution in [0.4, 0.5) is 0 Å². The van der Waals surface area contributed by atoms with Gasteiger partial charge in [-0.1, -0.05) is 50.5 Å². The van der Waals surface area contributed by atoms with Gasteiger partial charge in [0.2, 0.25) is 0 Å². The smallest absolute Gasteiger partial charge is 0.00768 e. The first-order valence-electron chi connectivity index (χ1n) is 6.24. The largest absolute Gasteiger partial charge is 0.303 e. The van der Waals surface area contributed by atoms with Crippen molar-refractivity contribution >= 4 is 15.9 Å². The van der Waals surface area contributed by atoms with E-state index in [0.29, 0.717) is 5.41 Å². The molecule has 0 aliphatic heterocycles. The molecule has 0 aromatic rings. The lowest BCUT2D eigenvalue weighted by molar-refractivity contribution is 0.165. The first kappa shape index (κ1) is 15.4. The van der Waals surface area contributed by atoms with Gasteiger partial charge in [-0.15, -0.1) is 0 Å². The predicted molar refractivity (Wildman–Crippen MR) is 73.8 cm³/mol. The summed E-state index contributed by atoms with van der Waals surface area (Å²) in [4.78, 5) is 2.61. The zero-order chi connectivity index (χ0) is 11.9. The Morgan fingerprint density at radius 1 is 1.07 bits per heavy atom. The summed E-state index contributed by atoms with van der Waals surface area (Å²) in [7, 11) is 0. The van der Waals surface area contributed by atoms with Crippen LogP contribution >= 0.6 is 15.9 Å². The summed E-state index contributed by atoms with van der Waals surface area (Å²) in [5, 5.41) is 1.11. The van der Waals surface area contributed by atoms with Crippen molar-refractivity contribution in [2.75, 3.05) is 25.0 Å². The molecule has 0 saturated carbocycles. The fourth-order valence-electron chi connectivity index (χ4n) is 1.79. The van der Waals surface area contributed by atoms with E-state index in [1.807, 2.05) is 0 Å². The van der Waals surface area contributed by atoms with Gasteiger partial charge in [-0.25, -0.2) is 0 Å². The van der Waals surface area contributed by atoms with Gasteiger partial charge in [-0.2, -0.15) is 0 Å². The summed E-state index contributed by atoms with van der Waals surface area (Å²) < 4.78 is 0. The van der Waals surface area contributed by atoms with E-state index < -0.39 is 0 Å². The van der Waals surface area contributed by atoms with E-state index in [1.165, 1.54) is 32.5 Å². The van der Waals surface area contributed by atoms with E-state index in [2.05, 4.69) is 55.4 Å². The number of hydrogen-bond acceptors (Lipinski definition) is 1. The zero-order valence-electron chi connectivity index (χ0n) is 11.1. The maximum absolute atomic E-state index is 3.66. The highest BCUT2D eigenvalue weighted by Gasteiger charge is 2.25. The molecular weight excluding hydrogens is 250 g/mol. The normalized spacial score (nSPS) is 14.6. The number of hydrogen-bond donors (Lipinski definition) is 0. The van der Waals surface area contributed by atoms with Crippen LogP contribution in [0.5, 0.6) is 0 Å². The molecule has 0 rings (SSSR count). The fourth-order valence-corrected chi connectivity index (χ4v) is 2.97. The van der Waals surface area contributed by atoms with Gasteiger partial charge in [0.05, 0.1) is 0 Å². The van der Waals surface area contributed by atoms with Crippen LogP contribution in [-0.4, -0.2) is 29.9 Å². The molecule has 15 heavy (non-hydrogen) atoms. The van der Waals surface area contributed by atoms with Crippen molar-refractivity contribution in [2.24, 2.45) is 11.3 Å². The van der Waals surface area contributed by atoms with Crippen molar-refractivity contribution in [3.8, 4) is 0 Å². The molecule has 0 radical (unpaired) electrons. The van der Waals surface area contributed by atoms with Crippen LogP contribution in [-0.2, 0) is 0 Å². The third-order valence-electron chi connectivity index (χ3n) is 2.97. The molecule has 0 N–H and O–H groups in total. The van der Waals surface area contributed by atoms with Crippen molar-refractivity contribution in [3.05, 3.63) is 0 Å². The first-order valence-corrected chi connectivity index (χ1v) is 7.36. The Labute approximate surface area is 105 Å². The SMILES string of the molecule is CCCN(CCC)CC(CBr)C(C)(C)C. The van der Waals surface area contributed by atoms with E-state index in [4.69, 9.17) is 0 Å². The summed E-state index contributed by atoms with van der Waals surface area (Å²) in [5.74, 6) is 0.746. The second-order valence-corrected chi connectivity index (χ2v) is 6.17. The average molecular weight is 278 g/mol. The van der Waals surface area contributed by atoms with Crippen molar-refractivity contribution in [1.29, 1.82) is 0 Å². The van der Waals surface area contributed by atoms with Crippen molar-refractivity contribution in [2.45, 2.75) is 47.5 Å². The predicted octanol–water partition coefficient (Wildman–Crippen LogP) is 4.17. The molecule has 92 valence electrons. The van der Waals surface area contributed by atoms with E-state index in [1.54, 1.807) is 0 Å². The van der Waals surface area contributed by atoms with Gasteiger partial charge in [0, 0.05) is 11.9 Å². The van der Waals surface area contributed by atoms with Crippen LogP contribution < -0.4 is 0 Å². The highest BCUT2D eigenvalue weighted by atomic mass is 79.9. The topological polar surface area (TPSA) is 3.24 Å². The minimum Gasteiger partial charge on any atom is -0.303 e. The van der Waals surface area contributed by atoms with Crippen molar-refractivity contribution in [3.63, 3.8) is 0 Å². The van der Waals surface area contributed by atoms with Crippen LogP contribution in [0.15, 0.2) is 0 Å². The molecule has 0 amide bonds. The average Bonchev–Trinajstić information content (AvgIpc) is 2.12. The third-order valence-corrected chi connectivity index (χ3v) is 3.75. The molecule has 0 aliphatic carbocycles. The molecular formula is C13H28BrN. The second-order valence-electron chi connectivity index (χ2n) is 5.52. The maximum Gasteiger partial charge on any atom is 0.00768 e. The Bertz CT molecular complexity index is 145. The van der Waals surface area contributed by atoms with Gasteiger partial charge in [0.1, 0.15) is 0 Å². The lowest BCUT2D eigenvalue weighted by Crippen LogP contribution is -2.37.